The molecule has 3 nitrogen and oxygen atoms in total. The summed E-state index contributed by atoms with van der Waals surface area (Å²) in [4.78, 5) is 10.4. The summed E-state index contributed by atoms with van der Waals surface area (Å²) >= 11 is 4.20. The second kappa shape index (κ2) is 3.97. The van der Waals surface area contributed by atoms with Crippen LogP contribution in [0.4, 0.5) is 0 Å². The third-order valence-electron chi connectivity index (χ3n) is 1.69. The van der Waals surface area contributed by atoms with E-state index in [0.29, 0.717) is 6.42 Å². The van der Waals surface area contributed by atoms with E-state index in [1.165, 1.54) is 0 Å². The highest BCUT2D eigenvalue weighted by Gasteiger charge is 2.31. The minimum atomic E-state index is -0.990. The maximum atomic E-state index is 10.4. The molecule has 0 heterocycles. The summed E-state index contributed by atoms with van der Waals surface area (Å²) in [6, 6.07) is -0.884. The number of carbonyl (C=O) groups is 1. The first-order valence-electron chi connectivity index (χ1n) is 3.62. The Balaban J connectivity index is 4.16. The van der Waals surface area contributed by atoms with Gasteiger partial charge in [-0.3, -0.25) is 4.79 Å². The van der Waals surface area contributed by atoms with E-state index in [-0.39, 0.29) is 0 Å². The third kappa shape index (κ3) is 3.12. The van der Waals surface area contributed by atoms with Crippen molar-refractivity contribution < 1.29 is 9.90 Å². The standard InChI is InChI=1S/C7H15NO2S/c1-3-4-7(2,11)5(8)6(9)10/h5,11H,3-4,8H2,1-2H3,(H,9,10). The molecule has 2 unspecified atom stereocenters. The van der Waals surface area contributed by atoms with E-state index in [2.05, 4.69) is 12.6 Å². The fourth-order valence-electron chi connectivity index (χ4n) is 0.928. The van der Waals surface area contributed by atoms with Crippen molar-refractivity contribution in [3.05, 3.63) is 0 Å². The van der Waals surface area contributed by atoms with Gasteiger partial charge in [0.1, 0.15) is 6.04 Å². The molecule has 4 heteroatoms. The van der Waals surface area contributed by atoms with E-state index >= 15 is 0 Å². The van der Waals surface area contributed by atoms with Gasteiger partial charge in [-0.25, -0.2) is 0 Å². The zero-order valence-electron chi connectivity index (χ0n) is 6.87. The van der Waals surface area contributed by atoms with Crippen molar-refractivity contribution in [2.75, 3.05) is 0 Å². The predicted molar refractivity (Wildman–Crippen MR) is 47.9 cm³/mol. The smallest absolute Gasteiger partial charge is 0.321 e. The van der Waals surface area contributed by atoms with Crippen molar-refractivity contribution in [1.29, 1.82) is 0 Å². The Bertz CT molecular complexity index is 147. The quantitative estimate of drug-likeness (QED) is 0.559. The molecule has 0 aromatic heterocycles. The lowest BCUT2D eigenvalue weighted by Crippen LogP contribution is -2.47. The molecular formula is C7H15NO2S. The monoisotopic (exact) mass is 177 g/mol. The summed E-state index contributed by atoms with van der Waals surface area (Å²) in [5, 5.41) is 8.57. The van der Waals surface area contributed by atoms with Crippen LogP contribution in [-0.2, 0) is 4.79 Å². The molecule has 0 saturated carbocycles. The van der Waals surface area contributed by atoms with E-state index in [0.717, 1.165) is 6.42 Å². The summed E-state index contributed by atoms with van der Waals surface area (Å²) in [6.07, 6.45) is 1.60. The normalized spacial score (nSPS) is 18.9. The lowest BCUT2D eigenvalue weighted by Gasteiger charge is -2.26. The fraction of sp³-hybridized carbons (Fsp3) is 0.857. The highest BCUT2D eigenvalue weighted by molar-refractivity contribution is 7.81. The Morgan fingerprint density at radius 3 is 2.55 bits per heavy atom. The van der Waals surface area contributed by atoms with Gasteiger partial charge in [-0.05, 0) is 13.3 Å². The molecule has 66 valence electrons. The van der Waals surface area contributed by atoms with E-state index in [4.69, 9.17) is 10.8 Å². The Labute approximate surface area is 72.4 Å². The van der Waals surface area contributed by atoms with Crippen LogP contribution in [0.5, 0.6) is 0 Å². The number of hydrogen-bond acceptors (Lipinski definition) is 3. The van der Waals surface area contributed by atoms with Crippen molar-refractivity contribution in [3.63, 3.8) is 0 Å². The molecule has 11 heavy (non-hydrogen) atoms. The zero-order chi connectivity index (χ0) is 9.07. The molecule has 0 rings (SSSR count). The Hall–Kier alpha value is -0.220. The van der Waals surface area contributed by atoms with Gasteiger partial charge in [-0.15, -0.1) is 0 Å². The van der Waals surface area contributed by atoms with Crippen molar-refractivity contribution >= 4 is 18.6 Å². The molecule has 0 aliphatic carbocycles. The average molecular weight is 177 g/mol. The summed E-state index contributed by atoms with van der Waals surface area (Å²) in [7, 11) is 0. The minimum absolute atomic E-state index is 0.597. The zero-order valence-corrected chi connectivity index (χ0v) is 7.77. The van der Waals surface area contributed by atoms with Crippen LogP contribution in [0.25, 0.3) is 0 Å². The number of rotatable bonds is 4. The van der Waals surface area contributed by atoms with Gasteiger partial charge in [0.15, 0.2) is 0 Å². The Kier molecular flexibility index (Phi) is 3.89. The number of nitrogens with two attached hydrogens (primary N) is 1. The van der Waals surface area contributed by atoms with Crippen molar-refractivity contribution in [2.24, 2.45) is 5.73 Å². The van der Waals surface area contributed by atoms with Gasteiger partial charge in [0.25, 0.3) is 0 Å². The second-order valence-corrected chi connectivity index (χ2v) is 3.94. The molecule has 3 N–H and O–H groups in total. The number of hydrogen-bond donors (Lipinski definition) is 3. The highest BCUT2D eigenvalue weighted by atomic mass is 32.1. The summed E-state index contributed by atoms with van der Waals surface area (Å²) in [5.74, 6) is -0.990. The largest absolute Gasteiger partial charge is 0.480 e. The minimum Gasteiger partial charge on any atom is -0.480 e. The fourth-order valence-corrected chi connectivity index (χ4v) is 1.26. The van der Waals surface area contributed by atoms with Gasteiger partial charge in [0.2, 0.25) is 0 Å². The van der Waals surface area contributed by atoms with Gasteiger partial charge < -0.3 is 10.8 Å². The molecule has 0 aromatic rings. The van der Waals surface area contributed by atoms with E-state index in [1.54, 1.807) is 6.92 Å². The topological polar surface area (TPSA) is 63.3 Å². The number of carboxylic acid groups (broad SMARTS) is 1. The van der Waals surface area contributed by atoms with Crippen molar-refractivity contribution in [2.45, 2.75) is 37.5 Å². The Morgan fingerprint density at radius 2 is 2.27 bits per heavy atom. The predicted octanol–water partition coefficient (Wildman–Crippen LogP) is 0.887. The second-order valence-electron chi connectivity index (χ2n) is 2.92. The molecule has 0 amide bonds. The van der Waals surface area contributed by atoms with E-state index < -0.39 is 16.8 Å². The summed E-state index contributed by atoms with van der Waals surface area (Å²) in [5.41, 5.74) is 5.40. The molecule has 2 atom stereocenters. The Morgan fingerprint density at radius 1 is 1.82 bits per heavy atom. The number of thiol groups is 1. The van der Waals surface area contributed by atoms with Crippen molar-refractivity contribution in [3.8, 4) is 0 Å². The molecule has 0 aromatic carbocycles. The maximum Gasteiger partial charge on any atom is 0.321 e. The van der Waals surface area contributed by atoms with Gasteiger partial charge in [-0.1, -0.05) is 13.3 Å². The molecule has 0 aliphatic rings. The lowest BCUT2D eigenvalue weighted by molar-refractivity contribution is -0.139. The van der Waals surface area contributed by atoms with Crippen LogP contribution in [0.2, 0.25) is 0 Å². The van der Waals surface area contributed by atoms with Gasteiger partial charge in [0.05, 0.1) is 0 Å². The average Bonchev–Trinajstić information content (AvgIpc) is 1.86. The summed E-state index contributed by atoms with van der Waals surface area (Å²) < 4.78 is -0.597. The van der Waals surface area contributed by atoms with Gasteiger partial charge in [-0.2, -0.15) is 12.6 Å². The van der Waals surface area contributed by atoms with Crippen molar-refractivity contribution in [1.82, 2.24) is 0 Å². The molecule has 0 aliphatic heterocycles. The molecule has 0 bridgehead atoms. The first kappa shape index (κ1) is 10.8. The van der Waals surface area contributed by atoms with Gasteiger partial charge >= 0.3 is 5.97 Å². The SMILES string of the molecule is CCCC(C)(S)C(N)C(=O)O. The molecule has 0 fully saturated rings. The van der Waals surface area contributed by atoms with Crippen LogP contribution in [0.3, 0.4) is 0 Å². The van der Waals surface area contributed by atoms with E-state index in [9.17, 15) is 4.79 Å². The molecule has 0 saturated heterocycles. The maximum absolute atomic E-state index is 10.4. The van der Waals surface area contributed by atoms with Crippen LogP contribution in [0, 0.1) is 0 Å². The van der Waals surface area contributed by atoms with Crippen LogP contribution in [0.1, 0.15) is 26.7 Å². The molecule has 0 radical (unpaired) electrons. The summed E-state index contributed by atoms with van der Waals surface area (Å²) in [6.45, 7) is 3.72. The first-order chi connectivity index (χ1) is 4.91. The highest BCUT2D eigenvalue weighted by Crippen LogP contribution is 2.23. The third-order valence-corrected chi connectivity index (χ3v) is 2.19. The lowest BCUT2D eigenvalue weighted by atomic mass is 9.96. The van der Waals surface area contributed by atoms with Gasteiger partial charge in [0, 0.05) is 4.75 Å². The van der Waals surface area contributed by atoms with Crippen LogP contribution < -0.4 is 5.73 Å². The van der Waals surface area contributed by atoms with Crippen LogP contribution in [-0.4, -0.2) is 21.9 Å². The number of carboxylic acids is 1. The van der Waals surface area contributed by atoms with E-state index in [1.807, 2.05) is 6.92 Å². The van der Waals surface area contributed by atoms with Crippen LogP contribution >= 0.6 is 12.6 Å². The van der Waals surface area contributed by atoms with Crippen LogP contribution in [0.15, 0.2) is 0 Å². The number of aliphatic carboxylic acids is 1. The molecular weight excluding hydrogens is 162 g/mol. The molecule has 0 spiro atoms. The first-order valence-corrected chi connectivity index (χ1v) is 4.07.